The Kier molecular flexibility index (Phi) is 9.12. The zero-order valence-corrected chi connectivity index (χ0v) is 25.7. The predicted octanol–water partition coefficient (Wildman–Crippen LogP) is 3.47. The molecule has 0 bridgehead atoms. The Bertz CT molecular complexity index is 1560. The molecule has 45 heavy (non-hydrogen) atoms. The topological polar surface area (TPSA) is 141 Å². The van der Waals surface area contributed by atoms with E-state index < -0.39 is 24.3 Å². The van der Waals surface area contributed by atoms with Crippen LogP contribution in [0.15, 0.2) is 36.5 Å². The maximum absolute atomic E-state index is 14.5. The molecule has 16 heteroatoms. The van der Waals surface area contributed by atoms with Crippen molar-refractivity contribution in [2.45, 2.75) is 44.5 Å². The van der Waals surface area contributed by atoms with Crippen LogP contribution in [0.2, 0.25) is 5.02 Å². The van der Waals surface area contributed by atoms with Crippen molar-refractivity contribution >= 4 is 35.2 Å². The minimum absolute atomic E-state index is 0.109. The summed E-state index contributed by atoms with van der Waals surface area (Å²) in [5, 5.41) is 7.69. The van der Waals surface area contributed by atoms with Gasteiger partial charge in [0.05, 0.1) is 11.4 Å². The highest BCUT2D eigenvalue weighted by Crippen LogP contribution is 2.42. The second-order valence-corrected chi connectivity index (χ2v) is 12.0. The van der Waals surface area contributed by atoms with Gasteiger partial charge in [0.25, 0.3) is 5.91 Å². The lowest BCUT2D eigenvalue weighted by atomic mass is 9.76. The number of benzene rings is 1. The van der Waals surface area contributed by atoms with Crippen LogP contribution in [-0.2, 0) is 14.3 Å². The number of aromatic nitrogens is 4. The number of aryl methyl sites for hydroxylation is 1. The Labute approximate surface area is 262 Å². The van der Waals surface area contributed by atoms with Crippen molar-refractivity contribution in [2.24, 2.45) is 5.41 Å². The van der Waals surface area contributed by atoms with Crippen LogP contribution in [0, 0.1) is 12.3 Å². The Balaban J connectivity index is 1.29. The highest BCUT2D eigenvalue weighted by atomic mass is 35.5. The van der Waals surface area contributed by atoms with E-state index in [1.807, 2.05) is 4.90 Å². The number of nitrogens with zero attached hydrogens (tertiary/aromatic N) is 6. The molecule has 1 spiro atoms. The van der Waals surface area contributed by atoms with Crippen molar-refractivity contribution in [1.29, 1.82) is 0 Å². The second-order valence-electron chi connectivity index (χ2n) is 11.6. The van der Waals surface area contributed by atoms with Crippen LogP contribution in [0.5, 0.6) is 5.88 Å². The predicted molar refractivity (Wildman–Crippen MR) is 159 cm³/mol. The summed E-state index contributed by atoms with van der Waals surface area (Å²) in [5.74, 6) is -1.02. The number of nitrogens with one attached hydrogen (secondary N) is 1. The molecule has 1 amide bonds. The van der Waals surface area contributed by atoms with Gasteiger partial charge in [-0.05, 0) is 49.8 Å². The molecule has 2 aliphatic rings. The van der Waals surface area contributed by atoms with Crippen molar-refractivity contribution in [1.82, 2.24) is 30.0 Å². The van der Waals surface area contributed by atoms with E-state index in [-0.39, 0.29) is 46.0 Å². The third kappa shape index (κ3) is 7.41. The van der Waals surface area contributed by atoms with Gasteiger partial charge in [-0.2, -0.15) is 28.2 Å². The Morgan fingerprint density at radius 3 is 2.58 bits per heavy atom. The number of ether oxygens (including phenoxy) is 2. The highest BCUT2D eigenvalue weighted by molar-refractivity contribution is 6.30. The maximum Gasteiger partial charge on any atom is 0.429 e. The molecule has 3 N–H and O–H groups in total. The number of hydrogen-bond acceptors (Lipinski definition) is 10. The molecule has 0 unspecified atom stereocenters. The summed E-state index contributed by atoms with van der Waals surface area (Å²) in [4.78, 5) is 35.8. The third-order valence-electron chi connectivity index (χ3n) is 8.12. The van der Waals surface area contributed by atoms with Crippen molar-refractivity contribution in [3.05, 3.63) is 52.8 Å². The number of piperidine rings is 1. The number of likely N-dealkylation sites (N-methyl/N-ethyl adjacent to an activating group) is 1. The van der Waals surface area contributed by atoms with Gasteiger partial charge in [0.2, 0.25) is 17.9 Å². The van der Waals surface area contributed by atoms with E-state index in [9.17, 15) is 22.8 Å². The standard InChI is InChI=1S/C29H34ClF3N8O4/c1-17-6-9-41(38-17)21-12-18(30)4-5-19(21)25(29(31,32)33)45-23-13-22(36-27(34)37-23)40-10-7-28(8-11-40)14-20(35-16-28)26(43)44-15-24(42)39(2)3/h4-6,9,12-13,20,25,35H,7-8,10-11,14-16H2,1-3H3,(H2,34,36,37)/t20-,25+/m0/s1. The molecule has 2 atom stereocenters. The lowest BCUT2D eigenvalue weighted by molar-refractivity contribution is -0.198. The molecule has 0 aliphatic carbocycles. The zero-order valence-electron chi connectivity index (χ0n) is 25.0. The molecule has 2 aromatic heterocycles. The van der Waals surface area contributed by atoms with E-state index >= 15 is 0 Å². The summed E-state index contributed by atoms with van der Waals surface area (Å²) in [5.41, 5.74) is 6.27. The number of halogens is 4. The number of esters is 1. The van der Waals surface area contributed by atoms with Crippen molar-refractivity contribution < 1.29 is 32.2 Å². The molecule has 3 aromatic rings. The quantitative estimate of drug-likeness (QED) is 0.348. The summed E-state index contributed by atoms with van der Waals surface area (Å²) in [6.07, 6.45) is -3.78. The van der Waals surface area contributed by atoms with Gasteiger partial charge in [-0.25, -0.2) is 4.68 Å². The largest absolute Gasteiger partial charge is 0.459 e. The molecular formula is C29H34ClF3N8O4. The van der Waals surface area contributed by atoms with Gasteiger partial charge in [0.15, 0.2) is 6.61 Å². The van der Waals surface area contributed by atoms with Gasteiger partial charge in [-0.3, -0.25) is 9.59 Å². The molecule has 1 aromatic carbocycles. The fourth-order valence-electron chi connectivity index (χ4n) is 5.60. The fraction of sp³-hybridized carbons (Fsp3) is 0.483. The van der Waals surface area contributed by atoms with Crippen molar-refractivity contribution in [3.63, 3.8) is 0 Å². The minimum atomic E-state index is -4.82. The number of hydrogen-bond donors (Lipinski definition) is 2. The van der Waals surface area contributed by atoms with E-state index in [4.69, 9.17) is 26.8 Å². The van der Waals surface area contributed by atoms with E-state index in [1.54, 1.807) is 33.3 Å². The zero-order chi connectivity index (χ0) is 32.5. The summed E-state index contributed by atoms with van der Waals surface area (Å²) in [6.45, 7) is 3.03. The van der Waals surface area contributed by atoms with Gasteiger partial charge in [0, 0.05) is 56.6 Å². The van der Waals surface area contributed by atoms with Gasteiger partial charge in [-0.1, -0.05) is 17.7 Å². The number of carbonyl (C=O) groups is 2. The van der Waals surface area contributed by atoms with Gasteiger partial charge >= 0.3 is 12.1 Å². The van der Waals surface area contributed by atoms with Crippen LogP contribution in [0.25, 0.3) is 5.69 Å². The number of carbonyl (C=O) groups excluding carboxylic acids is 2. The average molecular weight is 651 g/mol. The van der Waals surface area contributed by atoms with Crippen LogP contribution in [0.3, 0.4) is 0 Å². The fourth-order valence-corrected chi connectivity index (χ4v) is 5.77. The summed E-state index contributed by atoms with van der Waals surface area (Å²) in [6, 6.07) is 6.48. The minimum Gasteiger partial charge on any atom is -0.459 e. The van der Waals surface area contributed by atoms with Crippen LogP contribution in [0.1, 0.15) is 36.6 Å². The lowest BCUT2D eigenvalue weighted by Gasteiger charge is -2.39. The number of nitrogen functional groups attached to an aromatic ring is 1. The first-order valence-electron chi connectivity index (χ1n) is 14.3. The number of nitrogens with two attached hydrogens (primary N) is 1. The first-order valence-corrected chi connectivity index (χ1v) is 14.7. The maximum atomic E-state index is 14.5. The highest BCUT2D eigenvalue weighted by Gasteiger charge is 2.46. The molecule has 4 heterocycles. The van der Waals surface area contributed by atoms with E-state index in [2.05, 4.69) is 20.4 Å². The first kappa shape index (κ1) is 32.3. The Morgan fingerprint density at radius 2 is 1.93 bits per heavy atom. The molecule has 0 saturated carbocycles. The van der Waals surface area contributed by atoms with Gasteiger partial charge < -0.3 is 30.3 Å². The van der Waals surface area contributed by atoms with Crippen LogP contribution < -0.4 is 20.7 Å². The molecule has 2 saturated heterocycles. The van der Waals surface area contributed by atoms with Crippen LogP contribution in [0.4, 0.5) is 24.9 Å². The van der Waals surface area contributed by atoms with Gasteiger partial charge in [-0.15, -0.1) is 0 Å². The molecule has 242 valence electrons. The molecule has 5 rings (SSSR count). The number of anilines is 2. The van der Waals surface area contributed by atoms with Crippen molar-refractivity contribution in [3.8, 4) is 11.6 Å². The number of rotatable bonds is 8. The summed E-state index contributed by atoms with van der Waals surface area (Å²) in [7, 11) is 3.17. The number of amides is 1. The third-order valence-corrected chi connectivity index (χ3v) is 8.35. The first-order chi connectivity index (χ1) is 21.2. The van der Waals surface area contributed by atoms with Crippen LogP contribution in [-0.4, -0.2) is 89.1 Å². The number of alkyl halides is 3. The Morgan fingerprint density at radius 1 is 1.20 bits per heavy atom. The Hall–Kier alpha value is -4.11. The molecular weight excluding hydrogens is 617 g/mol. The molecule has 0 radical (unpaired) electrons. The second kappa shape index (κ2) is 12.7. The van der Waals surface area contributed by atoms with Gasteiger partial charge in [0.1, 0.15) is 11.9 Å². The van der Waals surface area contributed by atoms with E-state index in [0.717, 1.165) is 0 Å². The monoisotopic (exact) mass is 650 g/mol. The lowest BCUT2D eigenvalue weighted by Crippen LogP contribution is -2.41. The average Bonchev–Trinajstić information content (AvgIpc) is 3.60. The SMILES string of the molecule is Cc1ccn(-c2cc(Cl)ccc2[C@@H](Oc2cc(N3CCC4(CC3)CN[C@H](C(=O)OCC(=O)N(C)C)C4)nc(N)n2)C(F)(F)F)n1. The molecule has 12 nitrogen and oxygen atoms in total. The summed E-state index contributed by atoms with van der Waals surface area (Å²) < 4.78 is 55.5. The smallest absolute Gasteiger partial charge is 0.429 e. The van der Waals surface area contributed by atoms with Crippen molar-refractivity contribution in [2.75, 3.05) is 51.0 Å². The molecule has 2 aliphatic heterocycles. The van der Waals surface area contributed by atoms with E-state index in [1.165, 1.54) is 33.8 Å². The van der Waals surface area contributed by atoms with Crippen LogP contribution >= 0.6 is 11.6 Å². The normalized spacial score (nSPS) is 18.6. The van der Waals surface area contributed by atoms with E-state index in [0.29, 0.717) is 50.4 Å². The molecule has 2 fully saturated rings. The summed E-state index contributed by atoms with van der Waals surface area (Å²) >= 11 is 6.14.